The summed E-state index contributed by atoms with van der Waals surface area (Å²) in [7, 11) is 0.941. The molecule has 0 saturated heterocycles. The van der Waals surface area contributed by atoms with E-state index in [2.05, 4.69) is 15.6 Å². The molecule has 0 atom stereocenters. The number of likely N-dealkylation sites (N-methyl/N-ethyl adjacent to an activating group) is 1. The molecule has 9 nitrogen and oxygen atoms in total. The molecule has 3 aromatic rings. The van der Waals surface area contributed by atoms with Crippen molar-refractivity contribution in [2.24, 2.45) is 0 Å². The number of anilines is 1. The highest BCUT2D eigenvalue weighted by Crippen LogP contribution is 2.37. The average Bonchev–Trinajstić information content (AvgIpc) is 2.84. The van der Waals surface area contributed by atoms with Crippen LogP contribution in [0.5, 0.6) is 0 Å². The van der Waals surface area contributed by atoms with E-state index >= 15 is 0 Å². The number of nitrogens with one attached hydrogen (secondary N) is 2. The van der Waals surface area contributed by atoms with Crippen LogP contribution in [0.4, 0.5) is 5.82 Å². The highest BCUT2D eigenvalue weighted by Gasteiger charge is 2.39. The van der Waals surface area contributed by atoms with Gasteiger partial charge in [0.1, 0.15) is 5.82 Å². The van der Waals surface area contributed by atoms with E-state index in [9.17, 15) is 18.0 Å². The van der Waals surface area contributed by atoms with Crippen LogP contribution in [0.1, 0.15) is 21.5 Å². The molecule has 0 radical (unpaired) electrons. The topological polar surface area (TPSA) is 118 Å². The van der Waals surface area contributed by atoms with E-state index in [4.69, 9.17) is 4.74 Å². The van der Waals surface area contributed by atoms with Crippen molar-refractivity contribution in [2.75, 3.05) is 26.5 Å². The number of carbonyl (C=O) groups excluding carboxylic acids is 2. The molecule has 1 aliphatic heterocycles. The summed E-state index contributed by atoms with van der Waals surface area (Å²) in [4.78, 5) is 30.0. The SMILES string of the molecule is CNC.Cc1ccc(C(=O)OC2=C(C(=O)Nc3ccccn3)N(C)S(=O)(=O)c3ccccc32)cc1. The molecule has 0 aliphatic carbocycles. The first-order chi connectivity index (χ1) is 16.7. The van der Waals surface area contributed by atoms with E-state index in [-0.39, 0.29) is 33.3 Å². The number of ether oxygens (including phenoxy) is 1. The van der Waals surface area contributed by atoms with Crippen molar-refractivity contribution < 1.29 is 22.7 Å². The highest BCUT2D eigenvalue weighted by atomic mass is 32.2. The van der Waals surface area contributed by atoms with E-state index in [1.54, 1.807) is 54.6 Å². The van der Waals surface area contributed by atoms with E-state index < -0.39 is 21.9 Å². The maximum absolute atomic E-state index is 13.1. The van der Waals surface area contributed by atoms with Crippen molar-refractivity contribution in [3.8, 4) is 0 Å². The third-order valence-electron chi connectivity index (χ3n) is 4.90. The van der Waals surface area contributed by atoms with Gasteiger partial charge >= 0.3 is 5.97 Å². The number of aromatic nitrogens is 1. The van der Waals surface area contributed by atoms with Crippen molar-refractivity contribution in [2.45, 2.75) is 11.8 Å². The fourth-order valence-electron chi connectivity index (χ4n) is 3.22. The molecule has 2 heterocycles. The van der Waals surface area contributed by atoms with Crippen LogP contribution in [0.3, 0.4) is 0 Å². The first-order valence-corrected chi connectivity index (χ1v) is 12.1. The van der Waals surface area contributed by atoms with Crippen molar-refractivity contribution in [1.29, 1.82) is 0 Å². The Morgan fingerprint density at radius 1 is 0.943 bits per heavy atom. The molecule has 182 valence electrons. The van der Waals surface area contributed by atoms with Gasteiger partial charge in [0.2, 0.25) is 0 Å². The Bertz CT molecular complexity index is 1350. The van der Waals surface area contributed by atoms with E-state index in [1.807, 2.05) is 21.0 Å². The predicted molar refractivity (Wildman–Crippen MR) is 133 cm³/mol. The van der Waals surface area contributed by atoms with Gasteiger partial charge in [-0.3, -0.25) is 9.10 Å². The quantitative estimate of drug-likeness (QED) is 0.535. The van der Waals surface area contributed by atoms with E-state index in [0.29, 0.717) is 0 Å². The normalized spacial score (nSPS) is 13.8. The second kappa shape index (κ2) is 10.9. The maximum Gasteiger partial charge on any atom is 0.343 e. The molecule has 0 fully saturated rings. The first-order valence-electron chi connectivity index (χ1n) is 10.6. The van der Waals surface area contributed by atoms with Gasteiger partial charge in [-0.05, 0) is 57.4 Å². The summed E-state index contributed by atoms with van der Waals surface area (Å²) in [6, 6.07) is 17.7. The average molecular weight is 495 g/mol. The zero-order valence-corrected chi connectivity index (χ0v) is 20.6. The number of benzene rings is 2. The third-order valence-corrected chi connectivity index (χ3v) is 6.72. The Hall–Kier alpha value is -4.02. The summed E-state index contributed by atoms with van der Waals surface area (Å²) in [6.45, 7) is 1.88. The minimum atomic E-state index is -4.04. The Labute approximate surface area is 204 Å². The molecule has 4 rings (SSSR count). The fourth-order valence-corrected chi connectivity index (χ4v) is 4.61. The molecule has 0 saturated carbocycles. The minimum absolute atomic E-state index is 0.0661. The van der Waals surface area contributed by atoms with Gasteiger partial charge < -0.3 is 15.4 Å². The number of amides is 1. The molecule has 1 amide bonds. The van der Waals surface area contributed by atoms with Crippen LogP contribution in [0, 0.1) is 6.92 Å². The Morgan fingerprint density at radius 2 is 1.57 bits per heavy atom. The number of nitrogens with zero attached hydrogens (tertiary/aromatic N) is 2. The van der Waals surface area contributed by atoms with Crippen LogP contribution in [0.25, 0.3) is 5.76 Å². The van der Waals surface area contributed by atoms with Gasteiger partial charge in [-0.2, -0.15) is 0 Å². The number of pyridine rings is 1. The van der Waals surface area contributed by atoms with Crippen LogP contribution < -0.4 is 10.6 Å². The third kappa shape index (κ3) is 5.56. The number of hydrogen-bond donors (Lipinski definition) is 2. The fraction of sp³-hybridized carbons (Fsp3) is 0.160. The number of esters is 1. The standard InChI is InChI=1S/C23H19N3O5S.C2H7N/c1-15-10-12-16(13-11-15)23(28)31-21-17-7-3-4-8-18(17)32(29,30)26(2)20(21)22(27)25-19-9-5-6-14-24-19;1-3-2/h3-14H,1-2H3,(H,24,25,27);3H,1-2H3. The molecule has 1 aliphatic rings. The number of sulfonamides is 1. The molecule has 2 N–H and O–H groups in total. The number of fused-ring (bicyclic) bond motifs is 1. The predicted octanol–water partition coefficient (Wildman–Crippen LogP) is 3.02. The molecular formula is C25H26N4O5S. The van der Waals surface area contributed by atoms with Crippen LogP contribution >= 0.6 is 0 Å². The lowest BCUT2D eigenvalue weighted by molar-refractivity contribution is -0.113. The highest BCUT2D eigenvalue weighted by molar-refractivity contribution is 7.89. The molecule has 10 heteroatoms. The summed E-state index contributed by atoms with van der Waals surface area (Å²) in [6.07, 6.45) is 1.49. The lowest BCUT2D eigenvalue weighted by Crippen LogP contribution is -2.38. The van der Waals surface area contributed by atoms with Crippen LogP contribution in [-0.2, 0) is 19.6 Å². The number of aryl methyl sites for hydroxylation is 1. The molecule has 35 heavy (non-hydrogen) atoms. The Morgan fingerprint density at radius 3 is 2.20 bits per heavy atom. The van der Waals surface area contributed by atoms with Crippen molar-refractivity contribution in [1.82, 2.24) is 14.6 Å². The summed E-state index contributed by atoms with van der Waals surface area (Å²) < 4.78 is 32.6. The van der Waals surface area contributed by atoms with Gasteiger partial charge in [-0.15, -0.1) is 0 Å². The van der Waals surface area contributed by atoms with Gasteiger partial charge in [0, 0.05) is 18.8 Å². The molecule has 2 aromatic carbocycles. The maximum atomic E-state index is 13.1. The molecule has 0 unspecified atom stereocenters. The van der Waals surface area contributed by atoms with E-state index in [0.717, 1.165) is 9.87 Å². The van der Waals surface area contributed by atoms with Crippen LogP contribution in [-0.4, -0.2) is 50.7 Å². The Balaban J connectivity index is 0.00000108. The molecule has 1 aromatic heterocycles. The van der Waals surface area contributed by atoms with E-state index in [1.165, 1.54) is 25.4 Å². The monoisotopic (exact) mass is 494 g/mol. The lowest BCUT2D eigenvalue weighted by Gasteiger charge is -2.30. The number of hydrogen-bond acceptors (Lipinski definition) is 7. The smallest absolute Gasteiger partial charge is 0.343 e. The number of rotatable bonds is 4. The summed E-state index contributed by atoms with van der Waals surface area (Å²) >= 11 is 0. The summed E-state index contributed by atoms with van der Waals surface area (Å²) in [5.41, 5.74) is 1.03. The minimum Gasteiger partial charge on any atom is -0.420 e. The number of carbonyl (C=O) groups is 2. The van der Waals surface area contributed by atoms with Crippen molar-refractivity contribution >= 4 is 33.5 Å². The van der Waals surface area contributed by atoms with Gasteiger partial charge in [0.15, 0.2) is 11.5 Å². The molecule has 0 bridgehead atoms. The van der Waals surface area contributed by atoms with Gasteiger partial charge in [0.05, 0.1) is 10.5 Å². The van der Waals surface area contributed by atoms with Crippen LogP contribution in [0.15, 0.2) is 83.5 Å². The van der Waals surface area contributed by atoms with Crippen LogP contribution in [0.2, 0.25) is 0 Å². The summed E-state index contributed by atoms with van der Waals surface area (Å²) in [5, 5.41) is 5.31. The largest absolute Gasteiger partial charge is 0.420 e. The van der Waals surface area contributed by atoms with Gasteiger partial charge in [0.25, 0.3) is 15.9 Å². The Kier molecular flexibility index (Phi) is 8.00. The van der Waals surface area contributed by atoms with Gasteiger partial charge in [-0.25, -0.2) is 18.2 Å². The van der Waals surface area contributed by atoms with Gasteiger partial charge in [-0.1, -0.05) is 35.9 Å². The second-order valence-corrected chi connectivity index (χ2v) is 9.51. The zero-order valence-electron chi connectivity index (χ0n) is 19.8. The summed E-state index contributed by atoms with van der Waals surface area (Å²) in [5.74, 6) is -1.43. The second-order valence-electron chi connectivity index (χ2n) is 7.57. The molecule has 0 spiro atoms. The molecular weight excluding hydrogens is 468 g/mol. The van der Waals surface area contributed by atoms with Crippen molar-refractivity contribution in [3.05, 3.63) is 95.3 Å². The lowest BCUT2D eigenvalue weighted by atomic mass is 10.1. The zero-order chi connectivity index (χ0) is 25.6. The van der Waals surface area contributed by atoms with Crippen molar-refractivity contribution in [3.63, 3.8) is 0 Å². The first kappa shape index (κ1) is 25.6.